The normalized spacial score (nSPS) is 29.8. The number of likely N-dealkylation sites (tertiary alicyclic amines) is 2. The maximum atomic E-state index is 2.72. The summed E-state index contributed by atoms with van der Waals surface area (Å²) >= 11 is 0. The van der Waals surface area contributed by atoms with Crippen molar-refractivity contribution in [2.75, 3.05) is 32.7 Å². The monoisotopic (exact) mass is 210 g/mol. The van der Waals surface area contributed by atoms with E-state index in [1.165, 1.54) is 71.2 Å². The second-order valence-electron chi connectivity index (χ2n) is 5.19. The van der Waals surface area contributed by atoms with Crippen LogP contribution in [0.2, 0.25) is 0 Å². The van der Waals surface area contributed by atoms with E-state index in [4.69, 9.17) is 0 Å². The second kappa shape index (κ2) is 5.86. The van der Waals surface area contributed by atoms with Crippen LogP contribution in [0.4, 0.5) is 0 Å². The Hall–Kier alpha value is -0.0800. The van der Waals surface area contributed by atoms with Crippen LogP contribution in [0.25, 0.3) is 0 Å². The van der Waals surface area contributed by atoms with Crippen molar-refractivity contribution in [1.29, 1.82) is 0 Å². The van der Waals surface area contributed by atoms with Gasteiger partial charge in [-0.15, -0.1) is 0 Å². The first-order valence-electron chi connectivity index (χ1n) is 6.86. The standard InChI is InChI=1S/C13H26N2/c1-2-8-15-11-6-7-13(15)12-14-9-4-3-5-10-14/h13H,2-12H2,1H3/t13-/m0/s1. The van der Waals surface area contributed by atoms with Crippen LogP contribution in [0.3, 0.4) is 0 Å². The number of piperidine rings is 1. The van der Waals surface area contributed by atoms with E-state index in [9.17, 15) is 0 Å². The van der Waals surface area contributed by atoms with Crippen LogP contribution in [-0.2, 0) is 0 Å². The molecule has 2 heteroatoms. The van der Waals surface area contributed by atoms with Gasteiger partial charge >= 0.3 is 0 Å². The van der Waals surface area contributed by atoms with Gasteiger partial charge in [0.2, 0.25) is 0 Å². The number of hydrogen-bond donors (Lipinski definition) is 0. The van der Waals surface area contributed by atoms with Gasteiger partial charge in [-0.05, 0) is 58.3 Å². The minimum absolute atomic E-state index is 0.878. The molecule has 0 bridgehead atoms. The van der Waals surface area contributed by atoms with Gasteiger partial charge in [0.15, 0.2) is 0 Å². The van der Waals surface area contributed by atoms with E-state index in [1.54, 1.807) is 0 Å². The SMILES string of the molecule is CCCN1CCC[C@H]1CN1CCCCC1. The van der Waals surface area contributed by atoms with Crippen molar-refractivity contribution in [3.63, 3.8) is 0 Å². The van der Waals surface area contributed by atoms with Crippen LogP contribution in [0.15, 0.2) is 0 Å². The fourth-order valence-electron chi connectivity index (χ4n) is 3.12. The Labute approximate surface area is 94.6 Å². The van der Waals surface area contributed by atoms with Gasteiger partial charge in [0.1, 0.15) is 0 Å². The predicted molar refractivity (Wildman–Crippen MR) is 65.2 cm³/mol. The summed E-state index contributed by atoms with van der Waals surface area (Å²) in [4.78, 5) is 5.41. The summed E-state index contributed by atoms with van der Waals surface area (Å²) in [7, 11) is 0. The number of nitrogens with zero attached hydrogens (tertiary/aromatic N) is 2. The van der Waals surface area contributed by atoms with E-state index in [-0.39, 0.29) is 0 Å². The zero-order valence-corrected chi connectivity index (χ0v) is 10.2. The van der Waals surface area contributed by atoms with Crippen molar-refractivity contribution in [3.05, 3.63) is 0 Å². The zero-order valence-electron chi connectivity index (χ0n) is 10.2. The zero-order chi connectivity index (χ0) is 10.5. The molecule has 0 spiro atoms. The Morgan fingerprint density at radius 3 is 2.53 bits per heavy atom. The van der Waals surface area contributed by atoms with Crippen LogP contribution in [-0.4, -0.2) is 48.6 Å². The Balaban J connectivity index is 1.76. The summed E-state index contributed by atoms with van der Waals surface area (Å²) in [6.07, 6.45) is 8.51. The lowest BCUT2D eigenvalue weighted by atomic mass is 10.1. The molecule has 0 aliphatic carbocycles. The number of rotatable bonds is 4. The quantitative estimate of drug-likeness (QED) is 0.703. The Morgan fingerprint density at radius 1 is 1.00 bits per heavy atom. The Morgan fingerprint density at radius 2 is 1.80 bits per heavy atom. The molecular weight excluding hydrogens is 184 g/mol. The number of hydrogen-bond acceptors (Lipinski definition) is 2. The molecule has 15 heavy (non-hydrogen) atoms. The minimum Gasteiger partial charge on any atom is -0.302 e. The molecule has 2 aliphatic rings. The summed E-state index contributed by atoms with van der Waals surface area (Å²) in [5.74, 6) is 0. The van der Waals surface area contributed by atoms with Crippen molar-refractivity contribution in [2.24, 2.45) is 0 Å². The summed E-state index contributed by atoms with van der Waals surface area (Å²) in [6.45, 7) is 9.04. The molecule has 0 N–H and O–H groups in total. The van der Waals surface area contributed by atoms with Gasteiger partial charge in [-0.3, -0.25) is 4.90 Å². The average Bonchev–Trinajstić information content (AvgIpc) is 2.68. The summed E-state index contributed by atoms with van der Waals surface area (Å²) in [6, 6.07) is 0.878. The topological polar surface area (TPSA) is 6.48 Å². The highest BCUT2D eigenvalue weighted by atomic mass is 15.2. The molecule has 2 heterocycles. The van der Waals surface area contributed by atoms with E-state index < -0.39 is 0 Å². The molecule has 0 aromatic carbocycles. The van der Waals surface area contributed by atoms with Crippen LogP contribution in [0, 0.1) is 0 Å². The predicted octanol–water partition coefficient (Wildman–Crippen LogP) is 2.35. The molecule has 0 saturated carbocycles. The lowest BCUT2D eigenvalue weighted by Crippen LogP contribution is -2.42. The van der Waals surface area contributed by atoms with Gasteiger partial charge in [-0.1, -0.05) is 13.3 Å². The van der Waals surface area contributed by atoms with Crippen molar-refractivity contribution >= 4 is 0 Å². The van der Waals surface area contributed by atoms with Crippen LogP contribution in [0.5, 0.6) is 0 Å². The van der Waals surface area contributed by atoms with Gasteiger partial charge in [0.25, 0.3) is 0 Å². The highest BCUT2D eigenvalue weighted by molar-refractivity contribution is 4.82. The molecule has 88 valence electrons. The molecule has 0 aromatic rings. The van der Waals surface area contributed by atoms with E-state index in [2.05, 4.69) is 16.7 Å². The third-order valence-electron chi connectivity index (χ3n) is 3.93. The largest absolute Gasteiger partial charge is 0.302 e. The Kier molecular flexibility index (Phi) is 4.45. The average molecular weight is 210 g/mol. The summed E-state index contributed by atoms with van der Waals surface area (Å²) < 4.78 is 0. The molecule has 1 atom stereocenters. The van der Waals surface area contributed by atoms with Crippen LogP contribution < -0.4 is 0 Å². The minimum atomic E-state index is 0.878. The smallest absolute Gasteiger partial charge is 0.0223 e. The second-order valence-corrected chi connectivity index (χ2v) is 5.19. The van der Waals surface area contributed by atoms with Crippen molar-refractivity contribution in [3.8, 4) is 0 Å². The molecule has 2 saturated heterocycles. The van der Waals surface area contributed by atoms with Crippen molar-refractivity contribution < 1.29 is 0 Å². The summed E-state index contributed by atoms with van der Waals surface area (Å²) in [5, 5.41) is 0. The lowest BCUT2D eigenvalue weighted by molar-refractivity contribution is 0.153. The molecule has 0 aromatic heterocycles. The van der Waals surface area contributed by atoms with Gasteiger partial charge in [0, 0.05) is 12.6 Å². The first-order chi connectivity index (χ1) is 7.40. The third-order valence-corrected chi connectivity index (χ3v) is 3.93. The third kappa shape index (κ3) is 3.18. The maximum Gasteiger partial charge on any atom is 0.0223 e. The molecule has 2 rings (SSSR count). The van der Waals surface area contributed by atoms with Gasteiger partial charge in [-0.25, -0.2) is 0 Å². The first kappa shape index (κ1) is 11.4. The molecule has 2 fully saturated rings. The van der Waals surface area contributed by atoms with E-state index >= 15 is 0 Å². The highest BCUT2D eigenvalue weighted by Gasteiger charge is 2.25. The van der Waals surface area contributed by atoms with E-state index in [1.807, 2.05) is 0 Å². The molecule has 0 radical (unpaired) electrons. The van der Waals surface area contributed by atoms with Crippen molar-refractivity contribution in [2.45, 2.75) is 51.5 Å². The molecular formula is C13H26N2. The highest BCUT2D eigenvalue weighted by Crippen LogP contribution is 2.20. The Bertz CT molecular complexity index is 175. The van der Waals surface area contributed by atoms with Crippen LogP contribution in [0.1, 0.15) is 45.4 Å². The maximum absolute atomic E-state index is 2.72. The van der Waals surface area contributed by atoms with E-state index in [0.29, 0.717) is 0 Å². The molecule has 0 unspecified atom stereocenters. The molecule has 2 aliphatic heterocycles. The van der Waals surface area contributed by atoms with Crippen molar-refractivity contribution in [1.82, 2.24) is 9.80 Å². The fraction of sp³-hybridized carbons (Fsp3) is 1.00. The molecule has 2 nitrogen and oxygen atoms in total. The first-order valence-corrected chi connectivity index (χ1v) is 6.86. The molecule has 0 amide bonds. The van der Waals surface area contributed by atoms with Gasteiger partial charge in [0.05, 0.1) is 0 Å². The van der Waals surface area contributed by atoms with E-state index in [0.717, 1.165) is 6.04 Å². The van der Waals surface area contributed by atoms with Crippen LogP contribution >= 0.6 is 0 Å². The van der Waals surface area contributed by atoms with Gasteiger partial charge in [-0.2, -0.15) is 0 Å². The van der Waals surface area contributed by atoms with Gasteiger partial charge < -0.3 is 4.90 Å². The lowest BCUT2D eigenvalue weighted by Gasteiger charge is -2.32. The summed E-state index contributed by atoms with van der Waals surface area (Å²) in [5.41, 5.74) is 0. The fourth-order valence-corrected chi connectivity index (χ4v) is 3.12.